The van der Waals surface area contributed by atoms with Gasteiger partial charge in [0.1, 0.15) is 5.82 Å². The molecule has 1 aliphatic heterocycles. The molecule has 1 N–H and O–H groups in total. The van der Waals surface area contributed by atoms with Crippen molar-refractivity contribution in [2.24, 2.45) is 5.41 Å². The molecule has 1 heterocycles. The number of halogens is 1. The van der Waals surface area contributed by atoms with E-state index in [9.17, 15) is 4.39 Å². The third-order valence-corrected chi connectivity index (χ3v) is 4.16. The van der Waals surface area contributed by atoms with Crippen molar-refractivity contribution in [3.05, 3.63) is 35.6 Å². The maximum absolute atomic E-state index is 12.9. The van der Waals surface area contributed by atoms with Gasteiger partial charge in [0.25, 0.3) is 0 Å². The molecular formula is C15H22FNO. The molecule has 1 aliphatic rings. The first-order chi connectivity index (χ1) is 8.69. The van der Waals surface area contributed by atoms with Crippen molar-refractivity contribution in [2.45, 2.75) is 32.8 Å². The van der Waals surface area contributed by atoms with Crippen LogP contribution < -0.4 is 5.32 Å². The number of ether oxygens (including phenoxy) is 1. The van der Waals surface area contributed by atoms with Gasteiger partial charge in [-0.15, -0.1) is 0 Å². The van der Waals surface area contributed by atoms with Gasteiger partial charge < -0.3 is 10.1 Å². The van der Waals surface area contributed by atoms with Gasteiger partial charge in [0.15, 0.2) is 0 Å². The van der Waals surface area contributed by atoms with Gasteiger partial charge in [-0.1, -0.05) is 26.0 Å². The average molecular weight is 251 g/mol. The van der Waals surface area contributed by atoms with Crippen LogP contribution in [0.25, 0.3) is 0 Å². The first-order valence-corrected chi connectivity index (χ1v) is 6.77. The summed E-state index contributed by atoms with van der Waals surface area (Å²) in [4.78, 5) is 0. The quantitative estimate of drug-likeness (QED) is 0.890. The van der Waals surface area contributed by atoms with Gasteiger partial charge in [0, 0.05) is 18.5 Å². The van der Waals surface area contributed by atoms with Crippen molar-refractivity contribution < 1.29 is 9.13 Å². The third kappa shape index (κ3) is 2.90. The highest BCUT2D eigenvalue weighted by atomic mass is 19.1. The average Bonchev–Trinajstić information content (AvgIpc) is 2.63. The minimum Gasteiger partial charge on any atom is -0.372 e. The number of hydrogen-bond donors (Lipinski definition) is 1. The van der Waals surface area contributed by atoms with Crippen LogP contribution in [0.3, 0.4) is 0 Å². The van der Waals surface area contributed by atoms with Crippen LogP contribution in [0.5, 0.6) is 0 Å². The van der Waals surface area contributed by atoms with Crippen LogP contribution in [0, 0.1) is 11.2 Å². The highest BCUT2D eigenvalue weighted by Gasteiger charge is 2.30. The fraction of sp³-hybridized carbons (Fsp3) is 0.600. The van der Waals surface area contributed by atoms with Crippen molar-refractivity contribution in [1.29, 1.82) is 0 Å². The molecule has 1 atom stereocenters. The molecule has 2 rings (SSSR count). The monoisotopic (exact) mass is 251 g/mol. The van der Waals surface area contributed by atoms with Crippen molar-refractivity contribution in [3.8, 4) is 0 Å². The predicted octanol–water partition coefficient (Wildman–Crippen LogP) is 3.29. The molecule has 0 aromatic heterocycles. The van der Waals surface area contributed by atoms with Crippen LogP contribution in [-0.2, 0) is 4.74 Å². The van der Waals surface area contributed by atoms with E-state index in [1.165, 1.54) is 12.1 Å². The van der Waals surface area contributed by atoms with Gasteiger partial charge in [-0.3, -0.25) is 0 Å². The first kappa shape index (κ1) is 13.5. The van der Waals surface area contributed by atoms with Crippen molar-refractivity contribution in [3.63, 3.8) is 0 Å². The lowest BCUT2D eigenvalue weighted by atomic mass is 9.83. The van der Waals surface area contributed by atoms with Crippen LogP contribution >= 0.6 is 0 Å². The smallest absolute Gasteiger partial charge is 0.123 e. The van der Waals surface area contributed by atoms with E-state index in [0.29, 0.717) is 0 Å². The summed E-state index contributed by atoms with van der Waals surface area (Å²) in [5.74, 6) is -0.197. The minimum atomic E-state index is -0.197. The summed E-state index contributed by atoms with van der Waals surface area (Å²) >= 11 is 0. The molecule has 18 heavy (non-hydrogen) atoms. The molecule has 0 amide bonds. The largest absolute Gasteiger partial charge is 0.372 e. The highest BCUT2D eigenvalue weighted by Crippen LogP contribution is 2.31. The molecule has 0 saturated carbocycles. The van der Waals surface area contributed by atoms with Crippen LogP contribution in [-0.4, -0.2) is 19.7 Å². The molecular weight excluding hydrogens is 229 g/mol. The standard InChI is InChI=1S/C15H22FNO/c1-3-15(4-2)10-17-9-14(18-11-15)12-5-7-13(16)8-6-12/h5-8,14,17H,3-4,9-11H2,1-2H3. The summed E-state index contributed by atoms with van der Waals surface area (Å²) in [7, 11) is 0. The van der Waals surface area contributed by atoms with E-state index in [1.807, 2.05) is 12.1 Å². The second-order valence-electron chi connectivity index (χ2n) is 5.19. The molecule has 1 aromatic rings. The summed E-state index contributed by atoms with van der Waals surface area (Å²) in [6, 6.07) is 6.62. The molecule has 100 valence electrons. The third-order valence-electron chi connectivity index (χ3n) is 4.16. The first-order valence-electron chi connectivity index (χ1n) is 6.77. The normalized spacial score (nSPS) is 23.6. The summed E-state index contributed by atoms with van der Waals surface area (Å²) in [5, 5.41) is 3.48. The predicted molar refractivity (Wildman–Crippen MR) is 71.0 cm³/mol. The Kier molecular flexibility index (Phi) is 4.36. The summed E-state index contributed by atoms with van der Waals surface area (Å²) < 4.78 is 19.0. The fourth-order valence-corrected chi connectivity index (χ4v) is 2.45. The lowest BCUT2D eigenvalue weighted by molar-refractivity contribution is 0.0102. The molecule has 0 spiro atoms. The van der Waals surface area contributed by atoms with Crippen LogP contribution in [0.2, 0.25) is 0 Å². The van der Waals surface area contributed by atoms with Gasteiger partial charge in [0.2, 0.25) is 0 Å². The Morgan fingerprint density at radius 3 is 2.56 bits per heavy atom. The van der Waals surface area contributed by atoms with Gasteiger partial charge >= 0.3 is 0 Å². The van der Waals surface area contributed by atoms with Gasteiger partial charge in [-0.2, -0.15) is 0 Å². The Labute approximate surface area is 109 Å². The molecule has 1 aromatic carbocycles. The number of nitrogens with one attached hydrogen (secondary N) is 1. The molecule has 1 unspecified atom stereocenters. The van der Waals surface area contributed by atoms with E-state index in [0.717, 1.165) is 38.1 Å². The topological polar surface area (TPSA) is 21.3 Å². The lowest BCUT2D eigenvalue weighted by Crippen LogP contribution is -2.34. The van der Waals surface area contributed by atoms with Crippen molar-refractivity contribution in [2.75, 3.05) is 19.7 Å². The lowest BCUT2D eigenvalue weighted by Gasteiger charge is -2.29. The Morgan fingerprint density at radius 2 is 1.94 bits per heavy atom. The van der Waals surface area contributed by atoms with Crippen molar-refractivity contribution >= 4 is 0 Å². The van der Waals surface area contributed by atoms with E-state index >= 15 is 0 Å². The van der Waals surface area contributed by atoms with E-state index in [2.05, 4.69) is 19.2 Å². The Balaban J connectivity index is 2.07. The van der Waals surface area contributed by atoms with Gasteiger partial charge in [-0.05, 0) is 30.5 Å². The summed E-state index contributed by atoms with van der Waals surface area (Å²) in [5.41, 5.74) is 1.29. The number of rotatable bonds is 3. The van der Waals surface area contributed by atoms with E-state index in [4.69, 9.17) is 4.74 Å². The zero-order valence-electron chi connectivity index (χ0n) is 11.2. The zero-order chi connectivity index (χ0) is 13.0. The highest BCUT2D eigenvalue weighted by molar-refractivity contribution is 5.19. The molecule has 0 aliphatic carbocycles. The summed E-state index contributed by atoms with van der Waals surface area (Å²) in [6.07, 6.45) is 2.27. The Bertz CT molecular complexity index is 373. The SMILES string of the molecule is CCC1(CC)CNCC(c2ccc(F)cc2)OC1. The van der Waals surface area contributed by atoms with Gasteiger partial charge in [-0.25, -0.2) is 4.39 Å². The van der Waals surface area contributed by atoms with E-state index < -0.39 is 0 Å². The van der Waals surface area contributed by atoms with Crippen LogP contribution in [0.1, 0.15) is 38.4 Å². The van der Waals surface area contributed by atoms with Crippen LogP contribution in [0.15, 0.2) is 24.3 Å². The molecule has 3 heteroatoms. The maximum atomic E-state index is 12.9. The number of hydrogen-bond acceptors (Lipinski definition) is 2. The van der Waals surface area contributed by atoms with Crippen molar-refractivity contribution in [1.82, 2.24) is 5.32 Å². The molecule has 1 fully saturated rings. The molecule has 0 radical (unpaired) electrons. The molecule has 1 saturated heterocycles. The molecule has 2 nitrogen and oxygen atoms in total. The minimum absolute atomic E-state index is 0.0329. The zero-order valence-corrected chi connectivity index (χ0v) is 11.2. The maximum Gasteiger partial charge on any atom is 0.123 e. The Hall–Kier alpha value is -0.930. The Morgan fingerprint density at radius 1 is 1.28 bits per heavy atom. The second kappa shape index (κ2) is 5.81. The molecule has 0 bridgehead atoms. The van der Waals surface area contributed by atoms with E-state index in [-0.39, 0.29) is 17.3 Å². The fourth-order valence-electron chi connectivity index (χ4n) is 2.45. The van der Waals surface area contributed by atoms with E-state index in [1.54, 1.807) is 0 Å². The summed E-state index contributed by atoms with van der Waals surface area (Å²) in [6.45, 7) is 7.00. The second-order valence-corrected chi connectivity index (χ2v) is 5.19. The van der Waals surface area contributed by atoms with Crippen LogP contribution in [0.4, 0.5) is 4.39 Å². The number of benzene rings is 1. The van der Waals surface area contributed by atoms with Gasteiger partial charge in [0.05, 0.1) is 12.7 Å².